The zero-order valence-electron chi connectivity index (χ0n) is 13.3. The Kier molecular flexibility index (Phi) is 5.22. The maximum atomic E-state index is 12.0. The number of rotatable bonds is 2. The molecule has 21 heavy (non-hydrogen) atoms. The minimum Gasteiger partial charge on any atom is -0.376 e. The first-order valence-corrected chi connectivity index (χ1v) is 8.30. The maximum Gasteiger partial charge on any atom is 0.344 e. The molecule has 6 heteroatoms. The van der Waals surface area contributed by atoms with E-state index in [1.54, 1.807) is 0 Å². The molecule has 0 spiro atoms. The van der Waals surface area contributed by atoms with Crippen LogP contribution in [-0.2, 0) is 11.3 Å². The van der Waals surface area contributed by atoms with Gasteiger partial charge in [0.1, 0.15) is 0 Å². The molecule has 1 aliphatic rings. The van der Waals surface area contributed by atoms with Gasteiger partial charge in [-0.25, -0.2) is 4.79 Å². The number of amides is 2. The molecule has 1 aromatic heterocycles. The molecule has 1 saturated heterocycles. The number of hydrogen-bond donors (Lipinski definition) is 1. The number of carbonyl (C=O) groups excluding carboxylic acids is 1. The second-order valence-corrected chi connectivity index (χ2v) is 7.77. The number of aryl methyl sites for hydroxylation is 1. The molecule has 1 atom stereocenters. The smallest absolute Gasteiger partial charge is 0.344 e. The molecule has 1 N–H and O–H groups in total. The SMILES string of the molecule is Cc1cn(CC2CCCCO2)c(=NC(=O)NC(C)(C)C)s1. The molecule has 1 aliphatic heterocycles. The Morgan fingerprint density at radius 3 is 2.90 bits per heavy atom. The predicted molar refractivity (Wildman–Crippen MR) is 84.5 cm³/mol. The van der Waals surface area contributed by atoms with Gasteiger partial charge in [0, 0.05) is 23.2 Å². The standard InChI is InChI=1S/C15H25N3O2S/c1-11-9-18(10-12-7-5-6-8-20-12)14(21-11)16-13(19)17-15(2,3)4/h9,12H,5-8,10H2,1-4H3,(H,17,19). The molecule has 0 bridgehead atoms. The lowest BCUT2D eigenvalue weighted by Gasteiger charge is -2.22. The third kappa shape index (κ3) is 5.28. The summed E-state index contributed by atoms with van der Waals surface area (Å²) in [6.45, 7) is 9.49. The summed E-state index contributed by atoms with van der Waals surface area (Å²) in [5.41, 5.74) is -0.274. The first-order chi connectivity index (χ1) is 9.83. The van der Waals surface area contributed by atoms with Gasteiger partial charge in [0.25, 0.3) is 0 Å². The van der Waals surface area contributed by atoms with E-state index >= 15 is 0 Å². The first kappa shape index (κ1) is 16.2. The van der Waals surface area contributed by atoms with E-state index in [1.165, 1.54) is 17.8 Å². The Labute approximate surface area is 130 Å². The Hall–Kier alpha value is -1.14. The Morgan fingerprint density at radius 1 is 1.52 bits per heavy atom. The average molecular weight is 311 g/mol. The third-order valence-corrected chi connectivity index (χ3v) is 4.12. The fraction of sp³-hybridized carbons (Fsp3) is 0.733. The predicted octanol–water partition coefficient (Wildman–Crippen LogP) is 2.84. The van der Waals surface area contributed by atoms with Crippen LogP contribution in [0.5, 0.6) is 0 Å². The summed E-state index contributed by atoms with van der Waals surface area (Å²) in [6, 6.07) is -0.289. The normalized spacial score (nSPS) is 20.6. The number of nitrogens with one attached hydrogen (secondary N) is 1. The van der Waals surface area contributed by atoms with Crippen LogP contribution in [0.25, 0.3) is 0 Å². The summed E-state index contributed by atoms with van der Waals surface area (Å²) in [6.07, 6.45) is 5.72. The van der Waals surface area contributed by atoms with Crippen molar-refractivity contribution in [2.45, 2.75) is 65.1 Å². The van der Waals surface area contributed by atoms with Crippen LogP contribution in [0.2, 0.25) is 0 Å². The van der Waals surface area contributed by atoms with Gasteiger partial charge in [0.2, 0.25) is 0 Å². The van der Waals surface area contributed by atoms with E-state index in [0.717, 1.165) is 35.7 Å². The lowest BCUT2D eigenvalue weighted by molar-refractivity contribution is 0.00556. The van der Waals surface area contributed by atoms with Crippen LogP contribution < -0.4 is 10.1 Å². The number of ether oxygens (including phenoxy) is 1. The molecule has 5 nitrogen and oxygen atoms in total. The highest BCUT2D eigenvalue weighted by Gasteiger charge is 2.16. The summed E-state index contributed by atoms with van der Waals surface area (Å²) in [5, 5.41) is 2.86. The van der Waals surface area contributed by atoms with E-state index < -0.39 is 0 Å². The fourth-order valence-electron chi connectivity index (χ4n) is 2.33. The molecule has 1 fully saturated rings. The van der Waals surface area contributed by atoms with E-state index in [-0.39, 0.29) is 17.7 Å². The summed E-state index contributed by atoms with van der Waals surface area (Å²) in [5.74, 6) is 0. The molecule has 0 aliphatic carbocycles. The Morgan fingerprint density at radius 2 is 2.29 bits per heavy atom. The maximum absolute atomic E-state index is 12.0. The molecule has 2 rings (SSSR count). The molecular formula is C15H25N3O2S. The summed E-state index contributed by atoms with van der Waals surface area (Å²) in [4.78, 5) is 18.1. The fourth-order valence-corrected chi connectivity index (χ4v) is 3.17. The highest BCUT2D eigenvalue weighted by Crippen LogP contribution is 2.14. The number of urea groups is 1. The van der Waals surface area contributed by atoms with Gasteiger partial charge in [-0.1, -0.05) is 0 Å². The van der Waals surface area contributed by atoms with Crippen LogP contribution in [0.3, 0.4) is 0 Å². The van der Waals surface area contributed by atoms with Gasteiger partial charge in [0.15, 0.2) is 4.80 Å². The largest absolute Gasteiger partial charge is 0.376 e. The minimum absolute atomic E-state index is 0.234. The number of aromatic nitrogens is 1. The monoisotopic (exact) mass is 311 g/mol. The van der Waals surface area contributed by atoms with Crippen molar-refractivity contribution >= 4 is 17.4 Å². The lowest BCUT2D eigenvalue weighted by Crippen LogP contribution is -2.40. The van der Waals surface area contributed by atoms with E-state index in [2.05, 4.69) is 10.3 Å². The molecular weight excluding hydrogens is 286 g/mol. The Bertz CT molecular complexity index is 548. The van der Waals surface area contributed by atoms with Crippen LogP contribution in [0.4, 0.5) is 4.79 Å². The van der Waals surface area contributed by atoms with Crippen molar-refractivity contribution in [1.82, 2.24) is 9.88 Å². The van der Waals surface area contributed by atoms with Crippen LogP contribution >= 0.6 is 11.3 Å². The van der Waals surface area contributed by atoms with Gasteiger partial charge in [-0.2, -0.15) is 4.99 Å². The van der Waals surface area contributed by atoms with Gasteiger partial charge >= 0.3 is 6.03 Å². The van der Waals surface area contributed by atoms with Crippen molar-refractivity contribution in [2.75, 3.05) is 6.61 Å². The van der Waals surface area contributed by atoms with Crippen molar-refractivity contribution < 1.29 is 9.53 Å². The van der Waals surface area contributed by atoms with Crippen LogP contribution in [-0.4, -0.2) is 28.8 Å². The van der Waals surface area contributed by atoms with Gasteiger partial charge in [-0.05, 0) is 47.0 Å². The average Bonchev–Trinajstić information content (AvgIpc) is 2.68. The second-order valence-electron chi connectivity index (χ2n) is 6.56. The molecule has 0 saturated carbocycles. The quantitative estimate of drug-likeness (QED) is 0.913. The zero-order valence-corrected chi connectivity index (χ0v) is 14.1. The molecule has 0 aromatic carbocycles. The number of nitrogens with zero attached hydrogens (tertiary/aromatic N) is 2. The molecule has 1 unspecified atom stereocenters. The van der Waals surface area contributed by atoms with Crippen LogP contribution in [0.15, 0.2) is 11.2 Å². The topological polar surface area (TPSA) is 55.6 Å². The molecule has 2 amide bonds. The van der Waals surface area contributed by atoms with Crippen LogP contribution in [0, 0.1) is 6.92 Å². The van der Waals surface area contributed by atoms with Crippen LogP contribution in [0.1, 0.15) is 44.9 Å². The van der Waals surface area contributed by atoms with E-state index in [4.69, 9.17) is 4.74 Å². The van der Waals surface area contributed by atoms with Gasteiger partial charge < -0.3 is 14.6 Å². The molecule has 1 aromatic rings. The van der Waals surface area contributed by atoms with Gasteiger partial charge in [-0.3, -0.25) is 0 Å². The number of hydrogen-bond acceptors (Lipinski definition) is 3. The summed E-state index contributed by atoms with van der Waals surface area (Å²) >= 11 is 1.54. The van der Waals surface area contributed by atoms with Crippen molar-refractivity contribution in [3.8, 4) is 0 Å². The number of carbonyl (C=O) groups is 1. The molecule has 0 radical (unpaired) electrons. The highest BCUT2D eigenvalue weighted by atomic mass is 32.1. The third-order valence-electron chi connectivity index (χ3n) is 3.19. The van der Waals surface area contributed by atoms with Gasteiger partial charge in [-0.15, -0.1) is 11.3 Å². The number of thiazole rings is 1. The second kappa shape index (κ2) is 6.75. The Balaban J connectivity index is 2.13. The zero-order chi connectivity index (χ0) is 15.5. The van der Waals surface area contributed by atoms with Gasteiger partial charge in [0.05, 0.1) is 12.6 Å². The van der Waals surface area contributed by atoms with Crippen molar-refractivity contribution in [1.29, 1.82) is 0 Å². The summed E-state index contributed by atoms with van der Waals surface area (Å²) < 4.78 is 7.81. The lowest BCUT2D eigenvalue weighted by atomic mass is 10.1. The summed E-state index contributed by atoms with van der Waals surface area (Å²) in [7, 11) is 0. The van der Waals surface area contributed by atoms with E-state index in [9.17, 15) is 4.79 Å². The van der Waals surface area contributed by atoms with Crippen molar-refractivity contribution in [3.05, 3.63) is 15.9 Å². The van der Waals surface area contributed by atoms with Crippen molar-refractivity contribution in [2.24, 2.45) is 4.99 Å². The first-order valence-electron chi connectivity index (χ1n) is 7.49. The molecule has 118 valence electrons. The highest BCUT2D eigenvalue weighted by molar-refractivity contribution is 7.09. The minimum atomic E-state index is -0.289. The molecule has 2 heterocycles. The van der Waals surface area contributed by atoms with E-state index in [0.29, 0.717) is 0 Å². The van der Waals surface area contributed by atoms with E-state index in [1.807, 2.05) is 38.5 Å². The van der Waals surface area contributed by atoms with Crippen molar-refractivity contribution in [3.63, 3.8) is 0 Å².